The summed E-state index contributed by atoms with van der Waals surface area (Å²) in [7, 11) is 1.69. The summed E-state index contributed by atoms with van der Waals surface area (Å²) in [6.45, 7) is 0.992. The van der Waals surface area contributed by atoms with Gasteiger partial charge in [0, 0.05) is 28.7 Å². The second-order valence-electron chi connectivity index (χ2n) is 7.09. The van der Waals surface area contributed by atoms with Gasteiger partial charge >= 0.3 is 0 Å². The van der Waals surface area contributed by atoms with E-state index in [4.69, 9.17) is 16.3 Å². The first kappa shape index (κ1) is 18.1. The molecule has 4 nitrogen and oxygen atoms in total. The van der Waals surface area contributed by atoms with Crippen LogP contribution in [0.25, 0.3) is 10.8 Å². The summed E-state index contributed by atoms with van der Waals surface area (Å²) in [4.78, 5) is 4.51. The van der Waals surface area contributed by atoms with Crippen LogP contribution in [0.1, 0.15) is 18.4 Å². The number of hydrogen-bond donors (Lipinski definition) is 2. The Balaban J connectivity index is 1.25. The molecule has 0 saturated heterocycles. The summed E-state index contributed by atoms with van der Waals surface area (Å²) in [5.74, 6) is 1.83. The molecule has 27 heavy (non-hydrogen) atoms. The molecule has 3 aromatic rings. The Morgan fingerprint density at radius 2 is 1.89 bits per heavy atom. The van der Waals surface area contributed by atoms with Gasteiger partial charge in [0.05, 0.1) is 7.11 Å². The average molecular weight is 382 g/mol. The molecule has 1 aliphatic rings. The van der Waals surface area contributed by atoms with E-state index >= 15 is 0 Å². The van der Waals surface area contributed by atoms with E-state index in [2.05, 4.69) is 27.8 Å². The molecule has 0 amide bonds. The van der Waals surface area contributed by atoms with Gasteiger partial charge in [-0.3, -0.25) is 0 Å². The quantitative estimate of drug-likeness (QED) is 0.624. The molecule has 4 rings (SSSR count). The third-order valence-corrected chi connectivity index (χ3v) is 5.45. The lowest BCUT2D eigenvalue weighted by molar-refractivity contribution is 0.310. The van der Waals surface area contributed by atoms with Crippen LogP contribution in [0.4, 0.5) is 5.82 Å². The summed E-state index contributed by atoms with van der Waals surface area (Å²) in [6.07, 6.45) is 5.10. The van der Waals surface area contributed by atoms with Gasteiger partial charge in [0.25, 0.3) is 0 Å². The number of nitrogens with one attached hydrogen (secondary N) is 2. The van der Waals surface area contributed by atoms with Crippen LogP contribution in [0.15, 0.2) is 54.7 Å². The number of methoxy groups -OCH3 is 1. The molecule has 2 aromatic carbocycles. The number of halogens is 1. The molecule has 0 bridgehead atoms. The second-order valence-corrected chi connectivity index (χ2v) is 7.52. The molecule has 1 heterocycles. The third-order valence-electron chi connectivity index (χ3n) is 5.21. The monoisotopic (exact) mass is 381 g/mol. The van der Waals surface area contributed by atoms with E-state index < -0.39 is 0 Å². The number of aromatic nitrogens is 1. The summed E-state index contributed by atoms with van der Waals surface area (Å²) < 4.78 is 5.20. The average Bonchev–Trinajstić information content (AvgIpc) is 2.66. The highest BCUT2D eigenvalue weighted by molar-refractivity contribution is 6.31. The minimum Gasteiger partial charge on any atom is -0.497 e. The first-order valence-corrected chi connectivity index (χ1v) is 9.76. The van der Waals surface area contributed by atoms with E-state index in [-0.39, 0.29) is 0 Å². The fourth-order valence-corrected chi connectivity index (χ4v) is 3.74. The van der Waals surface area contributed by atoms with Gasteiger partial charge in [-0.2, -0.15) is 0 Å². The van der Waals surface area contributed by atoms with E-state index in [1.165, 1.54) is 5.56 Å². The summed E-state index contributed by atoms with van der Waals surface area (Å²) in [5.41, 5.74) is 1.33. The smallest absolute Gasteiger partial charge is 0.134 e. The van der Waals surface area contributed by atoms with Crippen molar-refractivity contribution in [2.75, 3.05) is 19.0 Å². The van der Waals surface area contributed by atoms with Crippen molar-refractivity contribution >= 4 is 28.2 Å². The van der Waals surface area contributed by atoms with Crippen molar-refractivity contribution in [3.8, 4) is 5.75 Å². The van der Waals surface area contributed by atoms with Gasteiger partial charge in [-0.25, -0.2) is 4.98 Å². The second kappa shape index (κ2) is 8.15. The Bertz CT molecular complexity index is 907. The number of ether oxygens (including phenoxy) is 1. The van der Waals surface area contributed by atoms with Crippen molar-refractivity contribution in [3.63, 3.8) is 0 Å². The van der Waals surface area contributed by atoms with E-state index in [1.54, 1.807) is 7.11 Å². The van der Waals surface area contributed by atoms with Crippen molar-refractivity contribution in [1.82, 2.24) is 10.3 Å². The van der Waals surface area contributed by atoms with Crippen LogP contribution >= 0.6 is 11.6 Å². The number of pyridine rings is 1. The van der Waals surface area contributed by atoms with Gasteiger partial charge in [0.2, 0.25) is 0 Å². The van der Waals surface area contributed by atoms with Crippen LogP contribution in [0.5, 0.6) is 5.75 Å². The highest BCUT2D eigenvalue weighted by Gasteiger charge is 2.29. The zero-order chi connectivity index (χ0) is 18.6. The van der Waals surface area contributed by atoms with Gasteiger partial charge in [-0.05, 0) is 67.1 Å². The van der Waals surface area contributed by atoms with Gasteiger partial charge in [0.15, 0.2) is 0 Å². The van der Waals surface area contributed by atoms with Crippen LogP contribution in [-0.2, 0) is 6.42 Å². The van der Waals surface area contributed by atoms with Gasteiger partial charge in [-0.15, -0.1) is 0 Å². The van der Waals surface area contributed by atoms with Crippen molar-refractivity contribution in [2.45, 2.75) is 31.3 Å². The zero-order valence-electron chi connectivity index (χ0n) is 15.4. The molecule has 2 N–H and O–H groups in total. The maximum Gasteiger partial charge on any atom is 0.134 e. The van der Waals surface area contributed by atoms with Gasteiger partial charge in [-0.1, -0.05) is 29.8 Å². The minimum atomic E-state index is 0.459. The maximum atomic E-state index is 6.15. The molecule has 0 aliphatic heterocycles. The predicted molar refractivity (Wildman–Crippen MR) is 112 cm³/mol. The molecule has 1 aromatic heterocycles. The molecule has 1 aliphatic carbocycles. The first-order valence-electron chi connectivity index (χ1n) is 9.38. The number of fused-ring (bicyclic) bond motifs is 1. The highest BCUT2D eigenvalue weighted by Crippen LogP contribution is 2.29. The van der Waals surface area contributed by atoms with Gasteiger partial charge < -0.3 is 15.4 Å². The molecule has 5 heteroatoms. The molecule has 1 fully saturated rings. The van der Waals surface area contributed by atoms with Crippen molar-refractivity contribution in [3.05, 3.63) is 65.3 Å². The molecular formula is C22H24ClN3O. The lowest BCUT2D eigenvalue weighted by Gasteiger charge is -2.37. The molecule has 0 atom stereocenters. The molecule has 0 spiro atoms. The largest absolute Gasteiger partial charge is 0.497 e. The van der Waals surface area contributed by atoms with E-state index in [9.17, 15) is 0 Å². The third kappa shape index (κ3) is 4.34. The number of rotatable bonds is 7. The van der Waals surface area contributed by atoms with E-state index in [1.807, 2.05) is 42.6 Å². The zero-order valence-corrected chi connectivity index (χ0v) is 16.2. The van der Waals surface area contributed by atoms with Crippen LogP contribution < -0.4 is 15.4 Å². The Morgan fingerprint density at radius 1 is 1.07 bits per heavy atom. The number of hydrogen-bond acceptors (Lipinski definition) is 4. The highest BCUT2D eigenvalue weighted by atomic mass is 35.5. The van der Waals surface area contributed by atoms with Crippen molar-refractivity contribution < 1.29 is 4.74 Å². The summed E-state index contributed by atoms with van der Waals surface area (Å²) in [5, 5.41) is 10.2. The van der Waals surface area contributed by atoms with Crippen molar-refractivity contribution in [1.29, 1.82) is 0 Å². The Kier molecular flexibility index (Phi) is 5.46. The lowest BCUT2D eigenvalue weighted by atomic mass is 9.86. The Labute approximate surface area is 164 Å². The summed E-state index contributed by atoms with van der Waals surface area (Å²) >= 11 is 6.15. The molecule has 140 valence electrons. The Hall–Kier alpha value is -2.30. The van der Waals surface area contributed by atoms with Crippen LogP contribution in [0, 0.1) is 0 Å². The molecule has 0 unspecified atom stereocenters. The van der Waals surface area contributed by atoms with E-state index in [0.29, 0.717) is 12.1 Å². The molecular weight excluding hydrogens is 358 g/mol. The molecule has 1 saturated carbocycles. The van der Waals surface area contributed by atoms with E-state index in [0.717, 1.165) is 53.2 Å². The lowest BCUT2D eigenvalue weighted by Crippen LogP contribution is -2.48. The topological polar surface area (TPSA) is 46.2 Å². The fourth-order valence-electron chi connectivity index (χ4n) is 3.56. The summed E-state index contributed by atoms with van der Waals surface area (Å²) in [6, 6.07) is 17.3. The SMILES string of the molecule is COc1ccc(CCNC2CC(Nc3nccc4ccc(Cl)cc34)C2)cc1. The van der Waals surface area contributed by atoms with Crippen molar-refractivity contribution in [2.24, 2.45) is 0 Å². The van der Waals surface area contributed by atoms with Crippen LogP contribution in [-0.4, -0.2) is 30.7 Å². The van der Waals surface area contributed by atoms with Crippen LogP contribution in [0.2, 0.25) is 5.02 Å². The Morgan fingerprint density at radius 3 is 2.67 bits per heavy atom. The van der Waals surface area contributed by atoms with Gasteiger partial charge in [0.1, 0.15) is 11.6 Å². The number of anilines is 1. The first-order chi connectivity index (χ1) is 13.2. The number of benzene rings is 2. The number of nitrogens with zero attached hydrogens (tertiary/aromatic N) is 1. The normalized spacial score (nSPS) is 18.9. The standard InChI is InChI=1S/C22H24ClN3O/c1-27-20-6-2-15(3-7-20)8-10-24-18-13-19(14-18)26-22-21-12-17(23)5-4-16(21)9-11-25-22/h2-7,9,11-12,18-19,24H,8,10,13-14H2,1H3,(H,25,26). The minimum absolute atomic E-state index is 0.459. The predicted octanol–water partition coefficient (Wildman–Crippen LogP) is 4.67. The van der Waals surface area contributed by atoms with Crippen LogP contribution in [0.3, 0.4) is 0 Å². The fraction of sp³-hybridized carbons (Fsp3) is 0.318. The molecule has 0 radical (unpaired) electrons. The maximum absolute atomic E-state index is 6.15.